The summed E-state index contributed by atoms with van der Waals surface area (Å²) in [4.78, 5) is 11.5. The third kappa shape index (κ3) is 2.77. The van der Waals surface area contributed by atoms with E-state index in [0.717, 1.165) is 11.6 Å². The predicted octanol–water partition coefficient (Wildman–Crippen LogP) is 2.91. The molecule has 1 amide bonds. The number of anilines is 1. The summed E-state index contributed by atoms with van der Waals surface area (Å²) in [6, 6.07) is 9.71. The minimum Gasteiger partial charge on any atom is -0.370 e. The van der Waals surface area contributed by atoms with Crippen molar-refractivity contribution in [2.24, 2.45) is 5.73 Å². The van der Waals surface area contributed by atoms with Crippen LogP contribution >= 0.6 is 0 Å². The molecular weight excluding hydrogens is 262 g/mol. The summed E-state index contributed by atoms with van der Waals surface area (Å²) >= 11 is 0. The molecule has 0 fully saturated rings. The van der Waals surface area contributed by atoms with Crippen LogP contribution in [-0.4, -0.2) is 5.91 Å². The predicted molar refractivity (Wildman–Crippen MR) is 73.1 cm³/mol. The van der Waals surface area contributed by atoms with Gasteiger partial charge in [0.05, 0.1) is 0 Å². The van der Waals surface area contributed by atoms with Gasteiger partial charge in [0, 0.05) is 11.3 Å². The lowest BCUT2D eigenvalue weighted by molar-refractivity contribution is -0.118. The number of primary amides is 1. The molecule has 0 saturated heterocycles. The Balaban J connectivity index is 2.40. The Hall–Kier alpha value is -2.43. The second-order valence-corrected chi connectivity index (χ2v) is 4.44. The topological polar surface area (TPSA) is 55.1 Å². The van der Waals surface area contributed by atoms with E-state index in [-0.39, 0.29) is 5.56 Å². The number of halogens is 2. The third-order valence-corrected chi connectivity index (χ3v) is 3.02. The van der Waals surface area contributed by atoms with E-state index in [1.54, 1.807) is 12.1 Å². The van der Waals surface area contributed by atoms with Gasteiger partial charge in [0.15, 0.2) is 11.6 Å². The molecule has 3 N–H and O–H groups in total. The van der Waals surface area contributed by atoms with Crippen molar-refractivity contribution in [3.63, 3.8) is 0 Å². The quantitative estimate of drug-likeness (QED) is 0.902. The zero-order valence-electron chi connectivity index (χ0n) is 10.9. The van der Waals surface area contributed by atoms with Crippen LogP contribution < -0.4 is 11.1 Å². The highest BCUT2D eigenvalue weighted by atomic mass is 19.2. The summed E-state index contributed by atoms with van der Waals surface area (Å²) in [5.41, 5.74) is 6.69. The molecule has 2 aromatic carbocycles. The van der Waals surface area contributed by atoms with E-state index in [4.69, 9.17) is 5.73 Å². The Kier molecular flexibility index (Phi) is 3.98. The molecule has 0 aliphatic carbocycles. The van der Waals surface area contributed by atoms with Crippen molar-refractivity contribution in [1.82, 2.24) is 0 Å². The monoisotopic (exact) mass is 276 g/mol. The molecule has 1 atom stereocenters. The van der Waals surface area contributed by atoms with Crippen molar-refractivity contribution in [2.75, 3.05) is 5.32 Å². The maximum atomic E-state index is 13.8. The highest BCUT2D eigenvalue weighted by Crippen LogP contribution is 2.25. The van der Waals surface area contributed by atoms with E-state index < -0.39 is 23.6 Å². The fraction of sp³-hybridized carbons (Fsp3) is 0.133. The first-order chi connectivity index (χ1) is 9.50. The number of nitrogens with two attached hydrogens (primary N) is 1. The van der Waals surface area contributed by atoms with Gasteiger partial charge in [-0.2, -0.15) is 0 Å². The molecule has 0 aromatic heterocycles. The van der Waals surface area contributed by atoms with Crippen molar-refractivity contribution in [3.05, 3.63) is 65.2 Å². The summed E-state index contributed by atoms with van der Waals surface area (Å²) in [5.74, 6) is -2.87. The largest absolute Gasteiger partial charge is 0.370 e. The number of benzene rings is 2. The van der Waals surface area contributed by atoms with E-state index in [1.165, 1.54) is 12.1 Å². The second-order valence-electron chi connectivity index (χ2n) is 4.44. The number of aryl methyl sites for hydroxylation is 1. The molecule has 2 aromatic rings. The fourth-order valence-electron chi connectivity index (χ4n) is 1.94. The van der Waals surface area contributed by atoms with Crippen LogP contribution in [0.2, 0.25) is 0 Å². The minimum absolute atomic E-state index is 0.110. The Morgan fingerprint density at radius 2 is 1.85 bits per heavy atom. The lowest BCUT2D eigenvalue weighted by Gasteiger charge is -2.19. The first-order valence-electron chi connectivity index (χ1n) is 6.06. The van der Waals surface area contributed by atoms with Crippen molar-refractivity contribution < 1.29 is 13.6 Å². The van der Waals surface area contributed by atoms with Crippen LogP contribution in [-0.2, 0) is 4.79 Å². The molecular formula is C15H14F2N2O. The molecule has 0 heterocycles. The van der Waals surface area contributed by atoms with Crippen LogP contribution in [0.4, 0.5) is 14.5 Å². The van der Waals surface area contributed by atoms with E-state index in [2.05, 4.69) is 5.32 Å². The number of amides is 1. The maximum absolute atomic E-state index is 13.8. The molecule has 0 spiro atoms. The molecule has 0 saturated carbocycles. The van der Waals surface area contributed by atoms with Crippen molar-refractivity contribution in [3.8, 4) is 0 Å². The van der Waals surface area contributed by atoms with Gasteiger partial charge in [-0.3, -0.25) is 4.79 Å². The molecule has 104 valence electrons. The van der Waals surface area contributed by atoms with E-state index in [0.29, 0.717) is 5.69 Å². The van der Waals surface area contributed by atoms with Crippen LogP contribution in [0, 0.1) is 18.6 Å². The zero-order valence-corrected chi connectivity index (χ0v) is 10.9. The number of hydrogen-bond donors (Lipinski definition) is 2. The number of rotatable bonds is 4. The Morgan fingerprint density at radius 1 is 1.15 bits per heavy atom. The van der Waals surface area contributed by atoms with Crippen LogP contribution in [0.15, 0.2) is 42.5 Å². The Morgan fingerprint density at radius 3 is 2.50 bits per heavy atom. The molecule has 0 aliphatic rings. The zero-order chi connectivity index (χ0) is 14.7. The molecule has 0 radical (unpaired) electrons. The van der Waals surface area contributed by atoms with Crippen molar-refractivity contribution in [1.29, 1.82) is 0 Å². The standard InChI is InChI=1S/C15H14F2N2O/c1-9-5-2-3-8-12(9)19-14(15(18)20)10-6-4-7-11(16)13(10)17/h2-8,14,19H,1H3,(H2,18,20). The lowest BCUT2D eigenvalue weighted by atomic mass is 10.0. The molecule has 2 rings (SSSR count). The van der Waals surface area contributed by atoms with Crippen molar-refractivity contribution in [2.45, 2.75) is 13.0 Å². The van der Waals surface area contributed by atoms with Crippen LogP contribution in [0.1, 0.15) is 17.2 Å². The Labute approximate surface area is 115 Å². The third-order valence-electron chi connectivity index (χ3n) is 3.02. The second kappa shape index (κ2) is 5.69. The van der Waals surface area contributed by atoms with Crippen LogP contribution in [0.25, 0.3) is 0 Å². The van der Waals surface area contributed by atoms with Crippen LogP contribution in [0.5, 0.6) is 0 Å². The number of nitrogens with one attached hydrogen (secondary N) is 1. The highest BCUT2D eigenvalue weighted by molar-refractivity contribution is 5.84. The molecule has 5 heteroatoms. The fourth-order valence-corrected chi connectivity index (χ4v) is 1.94. The van der Waals surface area contributed by atoms with Gasteiger partial charge >= 0.3 is 0 Å². The molecule has 1 unspecified atom stereocenters. The van der Waals surface area contributed by atoms with Gasteiger partial charge < -0.3 is 11.1 Å². The van der Waals surface area contributed by atoms with Crippen molar-refractivity contribution >= 4 is 11.6 Å². The summed E-state index contributed by atoms with van der Waals surface area (Å²) in [5, 5.41) is 2.85. The molecule has 0 aliphatic heterocycles. The Bertz CT molecular complexity index is 644. The highest BCUT2D eigenvalue weighted by Gasteiger charge is 2.23. The van der Waals surface area contributed by atoms with Crippen LogP contribution in [0.3, 0.4) is 0 Å². The SMILES string of the molecule is Cc1ccccc1NC(C(N)=O)c1cccc(F)c1F. The first-order valence-corrected chi connectivity index (χ1v) is 6.06. The lowest BCUT2D eigenvalue weighted by Crippen LogP contribution is -2.29. The average Bonchev–Trinajstić information content (AvgIpc) is 2.41. The smallest absolute Gasteiger partial charge is 0.244 e. The number of carbonyl (C=O) groups excluding carboxylic acids is 1. The van der Waals surface area contributed by atoms with Gasteiger partial charge in [0.1, 0.15) is 6.04 Å². The molecule has 0 bridgehead atoms. The average molecular weight is 276 g/mol. The molecule has 20 heavy (non-hydrogen) atoms. The summed E-state index contributed by atoms with van der Waals surface area (Å²) in [7, 11) is 0. The number of carbonyl (C=O) groups is 1. The minimum atomic E-state index is -1.13. The molecule has 3 nitrogen and oxygen atoms in total. The van der Waals surface area contributed by atoms with E-state index >= 15 is 0 Å². The summed E-state index contributed by atoms with van der Waals surface area (Å²) < 4.78 is 27.1. The van der Waals surface area contributed by atoms with E-state index in [1.807, 2.05) is 19.1 Å². The number of hydrogen-bond acceptors (Lipinski definition) is 2. The normalized spacial score (nSPS) is 11.9. The first kappa shape index (κ1) is 14.0. The van der Waals surface area contributed by atoms with E-state index in [9.17, 15) is 13.6 Å². The van der Waals surface area contributed by atoms with Gasteiger partial charge in [0.2, 0.25) is 5.91 Å². The van der Waals surface area contributed by atoms with Gasteiger partial charge in [0.25, 0.3) is 0 Å². The summed E-state index contributed by atoms with van der Waals surface area (Å²) in [6.45, 7) is 1.84. The van der Waals surface area contributed by atoms with Gasteiger partial charge in [-0.1, -0.05) is 30.3 Å². The maximum Gasteiger partial charge on any atom is 0.244 e. The van der Waals surface area contributed by atoms with Gasteiger partial charge in [-0.25, -0.2) is 8.78 Å². The number of para-hydroxylation sites is 1. The van der Waals surface area contributed by atoms with Gasteiger partial charge in [-0.05, 0) is 24.6 Å². The summed E-state index contributed by atoms with van der Waals surface area (Å²) in [6.07, 6.45) is 0. The van der Waals surface area contributed by atoms with Gasteiger partial charge in [-0.15, -0.1) is 0 Å².